The first-order valence-electron chi connectivity index (χ1n) is 15.0. The monoisotopic (exact) mass is 609 g/mol. The molecule has 4 heterocycles. The molecule has 0 saturated carbocycles. The minimum absolute atomic E-state index is 0.750. The van der Waals surface area contributed by atoms with Gasteiger partial charge < -0.3 is 4.57 Å². The van der Waals surface area contributed by atoms with Crippen LogP contribution in [0.25, 0.3) is 90.6 Å². The zero-order valence-corrected chi connectivity index (χ0v) is 25.6. The SMILES string of the molecule is c1ccc(-c2nc(-c3ccc(-n4c5ccccc5c5ccc6c7ccccc7sc6c54)cc3)c3sc4ccccc4c3n2)cc1. The third kappa shape index (κ3) is 3.69. The van der Waals surface area contributed by atoms with E-state index in [2.05, 4.69) is 126 Å². The van der Waals surface area contributed by atoms with E-state index in [1.165, 1.54) is 52.1 Å². The van der Waals surface area contributed by atoms with Gasteiger partial charge >= 0.3 is 0 Å². The molecule has 3 nitrogen and oxygen atoms in total. The Labute approximate surface area is 266 Å². The average Bonchev–Trinajstić information content (AvgIpc) is 3.78. The Morgan fingerprint density at radius 1 is 0.444 bits per heavy atom. The summed E-state index contributed by atoms with van der Waals surface area (Å²) in [5, 5.41) is 6.35. The maximum absolute atomic E-state index is 5.19. The highest BCUT2D eigenvalue weighted by Gasteiger charge is 2.19. The van der Waals surface area contributed by atoms with Gasteiger partial charge in [-0.15, -0.1) is 22.7 Å². The van der Waals surface area contributed by atoms with Crippen molar-refractivity contribution in [2.75, 3.05) is 0 Å². The molecule has 0 N–H and O–H groups in total. The molecule has 45 heavy (non-hydrogen) atoms. The molecule has 0 spiro atoms. The summed E-state index contributed by atoms with van der Waals surface area (Å²) in [6.07, 6.45) is 0. The lowest BCUT2D eigenvalue weighted by atomic mass is 10.1. The van der Waals surface area contributed by atoms with Crippen molar-refractivity contribution >= 4 is 85.0 Å². The number of hydrogen-bond donors (Lipinski definition) is 0. The van der Waals surface area contributed by atoms with Crippen molar-refractivity contribution in [1.82, 2.24) is 14.5 Å². The van der Waals surface area contributed by atoms with E-state index >= 15 is 0 Å². The number of aromatic nitrogens is 3. The fourth-order valence-corrected chi connectivity index (χ4v) is 9.16. The Kier molecular flexibility index (Phi) is 5.32. The maximum Gasteiger partial charge on any atom is 0.160 e. The molecule has 5 heteroatoms. The second-order valence-corrected chi connectivity index (χ2v) is 13.5. The van der Waals surface area contributed by atoms with Gasteiger partial charge in [-0.2, -0.15) is 0 Å². The number of para-hydroxylation sites is 1. The first kappa shape index (κ1) is 25.0. The molecule has 0 aliphatic carbocycles. The number of nitrogens with zero attached hydrogens (tertiary/aromatic N) is 3. The fraction of sp³-hybridized carbons (Fsp3) is 0. The normalized spacial score (nSPS) is 12.0. The summed E-state index contributed by atoms with van der Waals surface area (Å²) >= 11 is 3.65. The predicted molar refractivity (Wildman–Crippen MR) is 193 cm³/mol. The number of benzene rings is 6. The minimum atomic E-state index is 0.750. The lowest BCUT2D eigenvalue weighted by molar-refractivity contribution is 1.18. The molecule has 10 rings (SSSR count). The number of rotatable bonds is 3. The van der Waals surface area contributed by atoms with Crippen molar-refractivity contribution in [3.63, 3.8) is 0 Å². The van der Waals surface area contributed by atoms with E-state index in [0.29, 0.717) is 0 Å². The van der Waals surface area contributed by atoms with Gasteiger partial charge in [0.15, 0.2) is 5.82 Å². The van der Waals surface area contributed by atoms with Crippen LogP contribution in [-0.2, 0) is 0 Å². The van der Waals surface area contributed by atoms with E-state index in [0.717, 1.165) is 38.5 Å². The molecule has 0 amide bonds. The Bertz CT molecular complexity index is 2750. The van der Waals surface area contributed by atoms with Gasteiger partial charge in [0.1, 0.15) is 0 Å². The summed E-state index contributed by atoms with van der Waals surface area (Å²) in [5.41, 5.74) is 7.71. The number of hydrogen-bond acceptors (Lipinski definition) is 4. The second kappa shape index (κ2) is 9.57. The van der Waals surface area contributed by atoms with Crippen LogP contribution in [0.1, 0.15) is 0 Å². The highest BCUT2D eigenvalue weighted by Crippen LogP contribution is 2.44. The fourth-order valence-electron chi connectivity index (χ4n) is 6.77. The van der Waals surface area contributed by atoms with Crippen LogP contribution in [0.3, 0.4) is 0 Å². The summed E-state index contributed by atoms with van der Waals surface area (Å²) in [4.78, 5) is 10.3. The van der Waals surface area contributed by atoms with Gasteiger partial charge in [0.25, 0.3) is 0 Å². The van der Waals surface area contributed by atoms with Crippen LogP contribution in [-0.4, -0.2) is 14.5 Å². The Morgan fingerprint density at radius 3 is 1.91 bits per heavy atom. The van der Waals surface area contributed by atoms with Crippen LogP contribution in [0.2, 0.25) is 0 Å². The quantitative estimate of drug-likeness (QED) is 0.199. The highest BCUT2D eigenvalue weighted by atomic mass is 32.1. The molecular formula is C40H23N3S2. The first-order chi connectivity index (χ1) is 22.3. The molecule has 210 valence electrons. The third-order valence-corrected chi connectivity index (χ3v) is 11.2. The molecule has 0 aliphatic heterocycles. The molecule has 0 saturated heterocycles. The predicted octanol–water partition coefficient (Wildman–Crippen LogP) is 11.6. The molecule has 0 fully saturated rings. The first-order valence-corrected chi connectivity index (χ1v) is 16.6. The zero-order valence-electron chi connectivity index (χ0n) is 23.9. The van der Waals surface area contributed by atoms with Crippen LogP contribution >= 0.6 is 22.7 Å². The van der Waals surface area contributed by atoms with Crippen LogP contribution in [0.4, 0.5) is 0 Å². The van der Waals surface area contributed by atoms with Crippen molar-refractivity contribution in [1.29, 1.82) is 0 Å². The number of thiophene rings is 2. The maximum atomic E-state index is 5.19. The lowest BCUT2D eigenvalue weighted by Crippen LogP contribution is -1.96. The van der Waals surface area contributed by atoms with Gasteiger partial charge in [-0.1, -0.05) is 109 Å². The zero-order chi connectivity index (χ0) is 29.5. The molecule has 4 aromatic heterocycles. The van der Waals surface area contributed by atoms with Crippen molar-refractivity contribution in [2.24, 2.45) is 0 Å². The van der Waals surface area contributed by atoms with Gasteiger partial charge in [0.05, 0.1) is 31.6 Å². The summed E-state index contributed by atoms with van der Waals surface area (Å²) in [6.45, 7) is 0. The van der Waals surface area contributed by atoms with Crippen molar-refractivity contribution in [2.45, 2.75) is 0 Å². The Hall–Kier alpha value is -5.36. The molecular weight excluding hydrogens is 587 g/mol. The Morgan fingerprint density at radius 2 is 1.09 bits per heavy atom. The van der Waals surface area contributed by atoms with E-state index in [4.69, 9.17) is 9.97 Å². The van der Waals surface area contributed by atoms with Gasteiger partial charge in [0.2, 0.25) is 0 Å². The van der Waals surface area contributed by atoms with E-state index in [9.17, 15) is 0 Å². The van der Waals surface area contributed by atoms with Crippen LogP contribution in [0.5, 0.6) is 0 Å². The molecule has 6 aromatic carbocycles. The Balaban J connectivity index is 1.22. The summed E-state index contributed by atoms with van der Waals surface area (Å²) in [5.74, 6) is 0.750. The minimum Gasteiger partial charge on any atom is -0.308 e. The standard InChI is InChI=1S/C40H23N3S2/c1-2-10-25(11-3-1)40-41-35(39-36(42-40)31-14-6-9-17-34(31)45-39)24-18-20-26(21-19-24)43-32-15-7-4-12-27(32)29-22-23-30-28-13-5-8-16-33(28)44-38(30)37(29)43/h1-23H. The topological polar surface area (TPSA) is 30.7 Å². The third-order valence-electron chi connectivity index (χ3n) is 8.83. The molecule has 0 radical (unpaired) electrons. The van der Waals surface area contributed by atoms with Crippen molar-refractivity contribution in [3.05, 3.63) is 140 Å². The number of fused-ring (bicyclic) bond motifs is 10. The van der Waals surface area contributed by atoms with E-state index in [1.54, 1.807) is 11.3 Å². The summed E-state index contributed by atoms with van der Waals surface area (Å²) in [6, 6.07) is 49.8. The molecule has 0 atom stereocenters. The van der Waals surface area contributed by atoms with Gasteiger partial charge in [0, 0.05) is 53.1 Å². The smallest absolute Gasteiger partial charge is 0.160 e. The van der Waals surface area contributed by atoms with Crippen LogP contribution in [0.15, 0.2) is 140 Å². The van der Waals surface area contributed by atoms with Gasteiger partial charge in [-0.05, 0) is 30.3 Å². The van der Waals surface area contributed by atoms with Crippen molar-refractivity contribution < 1.29 is 0 Å². The average molecular weight is 610 g/mol. The van der Waals surface area contributed by atoms with E-state index in [1.807, 2.05) is 29.5 Å². The van der Waals surface area contributed by atoms with Gasteiger partial charge in [-0.25, -0.2) is 9.97 Å². The van der Waals surface area contributed by atoms with Gasteiger partial charge in [-0.3, -0.25) is 0 Å². The largest absolute Gasteiger partial charge is 0.308 e. The molecule has 0 aliphatic rings. The highest BCUT2D eigenvalue weighted by molar-refractivity contribution is 7.27. The molecule has 10 aromatic rings. The molecule has 0 unspecified atom stereocenters. The van der Waals surface area contributed by atoms with Crippen LogP contribution < -0.4 is 0 Å². The van der Waals surface area contributed by atoms with Crippen molar-refractivity contribution in [3.8, 4) is 28.3 Å². The summed E-state index contributed by atoms with van der Waals surface area (Å²) < 4.78 is 7.42. The summed E-state index contributed by atoms with van der Waals surface area (Å²) in [7, 11) is 0. The lowest BCUT2D eigenvalue weighted by Gasteiger charge is -2.11. The van der Waals surface area contributed by atoms with Crippen LogP contribution in [0, 0.1) is 0 Å². The molecule has 0 bridgehead atoms. The van der Waals surface area contributed by atoms with E-state index < -0.39 is 0 Å². The van der Waals surface area contributed by atoms with E-state index in [-0.39, 0.29) is 0 Å². The second-order valence-electron chi connectivity index (χ2n) is 11.4.